The third-order valence-corrected chi connectivity index (χ3v) is 2.51. The number of nitrogens with zero attached hydrogens (tertiary/aromatic N) is 1. The molecule has 1 aromatic heterocycles. The van der Waals surface area contributed by atoms with Crippen LogP contribution in [0.2, 0.25) is 0 Å². The number of thiazole rings is 1. The van der Waals surface area contributed by atoms with E-state index in [9.17, 15) is 4.79 Å². The molecule has 1 rings (SSSR count). The highest BCUT2D eigenvalue weighted by atomic mass is 32.1. The third kappa shape index (κ3) is 3.52. The van der Waals surface area contributed by atoms with Crippen LogP contribution in [0, 0.1) is 0 Å². The minimum absolute atomic E-state index is 0.235. The molecule has 0 unspecified atom stereocenters. The Morgan fingerprint density at radius 1 is 1.62 bits per heavy atom. The lowest BCUT2D eigenvalue weighted by Gasteiger charge is -1.91. The predicted octanol–water partition coefficient (Wildman–Crippen LogP) is 0.0622. The number of primary amides is 1. The first-order chi connectivity index (χ1) is 6.22. The van der Waals surface area contributed by atoms with Crippen LogP contribution in [-0.2, 0) is 17.6 Å². The summed E-state index contributed by atoms with van der Waals surface area (Å²) in [6, 6.07) is 0. The van der Waals surface area contributed by atoms with Gasteiger partial charge in [-0.25, -0.2) is 4.98 Å². The summed E-state index contributed by atoms with van der Waals surface area (Å²) in [5, 5.41) is 2.90. The molecule has 4 nitrogen and oxygen atoms in total. The first-order valence-electron chi connectivity index (χ1n) is 4.14. The van der Waals surface area contributed by atoms with Gasteiger partial charge in [-0.05, 0) is 13.0 Å². The smallest absolute Gasteiger partial charge is 0.223 e. The van der Waals surface area contributed by atoms with E-state index in [4.69, 9.17) is 11.5 Å². The van der Waals surface area contributed by atoms with Crippen LogP contribution < -0.4 is 11.5 Å². The van der Waals surface area contributed by atoms with Crippen molar-refractivity contribution < 1.29 is 4.79 Å². The van der Waals surface area contributed by atoms with Crippen molar-refractivity contribution in [3.05, 3.63) is 16.1 Å². The molecule has 0 aromatic carbocycles. The van der Waals surface area contributed by atoms with Gasteiger partial charge in [-0.1, -0.05) is 0 Å². The van der Waals surface area contributed by atoms with Gasteiger partial charge in [-0.3, -0.25) is 4.79 Å². The zero-order chi connectivity index (χ0) is 9.68. The molecular formula is C8H13N3OS. The molecule has 1 amide bonds. The summed E-state index contributed by atoms with van der Waals surface area (Å²) in [4.78, 5) is 14.8. The number of nitrogens with two attached hydrogens (primary N) is 2. The van der Waals surface area contributed by atoms with E-state index in [2.05, 4.69) is 4.98 Å². The van der Waals surface area contributed by atoms with Gasteiger partial charge < -0.3 is 11.5 Å². The zero-order valence-corrected chi connectivity index (χ0v) is 8.14. The van der Waals surface area contributed by atoms with Crippen molar-refractivity contribution >= 4 is 17.2 Å². The lowest BCUT2D eigenvalue weighted by Crippen LogP contribution is -2.13. The van der Waals surface area contributed by atoms with Gasteiger partial charge in [0.15, 0.2) is 0 Å². The van der Waals surface area contributed by atoms with Gasteiger partial charge in [0.25, 0.3) is 0 Å². The fraction of sp³-hybridized carbons (Fsp3) is 0.500. The molecule has 0 aliphatic heterocycles. The standard InChI is InChI=1S/C8H13N3OS/c9-3-1-2-8-11-6(5-13-8)4-7(10)12/h5H,1-4,9H2,(H2,10,12). The van der Waals surface area contributed by atoms with Gasteiger partial charge in [-0.2, -0.15) is 0 Å². The van der Waals surface area contributed by atoms with E-state index in [-0.39, 0.29) is 12.3 Å². The SMILES string of the molecule is NCCCc1nc(CC(N)=O)cs1. The van der Waals surface area contributed by atoms with Gasteiger partial charge >= 0.3 is 0 Å². The summed E-state index contributed by atoms with van der Waals surface area (Å²) in [6.07, 6.45) is 2.06. The molecule has 1 heterocycles. The Morgan fingerprint density at radius 3 is 3.00 bits per heavy atom. The van der Waals surface area contributed by atoms with Gasteiger partial charge in [0.2, 0.25) is 5.91 Å². The summed E-state index contributed by atoms with van der Waals surface area (Å²) in [5.41, 5.74) is 11.2. The van der Waals surface area contributed by atoms with Gasteiger partial charge in [0, 0.05) is 11.8 Å². The van der Waals surface area contributed by atoms with Crippen molar-refractivity contribution in [1.82, 2.24) is 4.98 Å². The van der Waals surface area contributed by atoms with Crippen LogP contribution in [0.25, 0.3) is 0 Å². The summed E-state index contributed by atoms with van der Waals surface area (Å²) in [5.74, 6) is -0.337. The fourth-order valence-electron chi connectivity index (χ4n) is 0.977. The zero-order valence-electron chi connectivity index (χ0n) is 7.32. The second-order valence-electron chi connectivity index (χ2n) is 2.77. The van der Waals surface area contributed by atoms with Crippen LogP contribution in [-0.4, -0.2) is 17.4 Å². The Hall–Kier alpha value is -0.940. The average Bonchev–Trinajstić information content (AvgIpc) is 2.48. The molecule has 0 saturated heterocycles. The van der Waals surface area contributed by atoms with E-state index in [1.54, 1.807) is 11.3 Å². The molecule has 13 heavy (non-hydrogen) atoms. The Kier molecular flexibility index (Phi) is 3.85. The highest BCUT2D eigenvalue weighted by Gasteiger charge is 2.03. The number of aromatic nitrogens is 1. The van der Waals surface area contributed by atoms with Crippen molar-refractivity contribution in [2.45, 2.75) is 19.3 Å². The minimum Gasteiger partial charge on any atom is -0.369 e. The van der Waals surface area contributed by atoms with Crippen LogP contribution in [0.3, 0.4) is 0 Å². The first-order valence-corrected chi connectivity index (χ1v) is 5.02. The van der Waals surface area contributed by atoms with Crippen LogP contribution in [0.4, 0.5) is 0 Å². The molecule has 0 atom stereocenters. The molecular weight excluding hydrogens is 186 g/mol. The Balaban J connectivity index is 2.48. The fourth-order valence-corrected chi connectivity index (χ4v) is 1.82. The maximum Gasteiger partial charge on any atom is 0.223 e. The van der Waals surface area contributed by atoms with Crippen LogP contribution in [0.1, 0.15) is 17.1 Å². The van der Waals surface area contributed by atoms with E-state index in [1.807, 2.05) is 5.38 Å². The monoisotopic (exact) mass is 199 g/mol. The molecule has 0 saturated carbocycles. The lowest BCUT2D eigenvalue weighted by atomic mass is 10.3. The molecule has 4 N–H and O–H groups in total. The van der Waals surface area contributed by atoms with Crippen molar-refractivity contribution in [1.29, 1.82) is 0 Å². The maximum atomic E-state index is 10.6. The molecule has 0 spiro atoms. The van der Waals surface area contributed by atoms with Crippen LogP contribution in [0.15, 0.2) is 5.38 Å². The third-order valence-electron chi connectivity index (χ3n) is 1.55. The lowest BCUT2D eigenvalue weighted by molar-refractivity contribution is -0.117. The Bertz CT molecular complexity index is 285. The Labute approximate surface area is 81.0 Å². The van der Waals surface area contributed by atoms with E-state index in [0.29, 0.717) is 6.54 Å². The van der Waals surface area contributed by atoms with E-state index < -0.39 is 0 Å². The van der Waals surface area contributed by atoms with E-state index >= 15 is 0 Å². The number of carbonyl (C=O) groups excluding carboxylic acids is 1. The molecule has 0 fully saturated rings. The summed E-state index contributed by atoms with van der Waals surface area (Å²) in [6.45, 7) is 0.671. The van der Waals surface area contributed by atoms with Gasteiger partial charge in [0.05, 0.1) is 17.1 Å². The molecule has 1 aromatic rings. The topological polar surface area (TPSA) is 82.0 Å². The molecule has 72 valence electrons. The van der Waals surface area contributed by atoms with Gasteiger partial charge in [-0.15, -0.1) is 11.3 Å². The van der Waals surface area contributed by atoms with Crippen molar-refractivity contribution in [2.75, 3.05) is 6.54 Å². The maximum absolute atomic E-state index is 10.6. The van der Waals surface area contributed by atoms with Crippen molar-refractivity contribution in [2.24, 2.45) is 11.5 Å². The molecule has 0 aliphatic carbocycles. The number of rotatable bonds is 5. The number of carbonyl (C=O) groups is 1. The summed E-state index contributed by atoms with van der Waals surface area (Å²) < 4.78 is 0. The largest absolute Gasteiger partial charge is 0.369 e. The molecule has 5 heteroatoms. The molecule has 0 bridgehead atoms. The average molecular weight is 199 g/mol. The highest BCUT2D eigenvalue weighted by molar-refractivity contribution is 7.09. The highest BCUT2D eigenvalue weighted by Crippen LogP contribution is 2.11. The summed E-state index contributed by atoms with van der Waals surface area (Å²) >= 11 is 1.56. The quantitative estimate of drug-likeness (QED) is 0.703. The summed E-state index contributed by atoms with van der Waals surface area (Å²) in [7, 11) is 0. The first kappa shape index (κ1) is 10.1. The molecule has 0 aliphatic rings. The number of aryl methyl sites for hydroxylation is 1. The van der Waals surface area contributed by atoms with E-state index in [0.717, 1.165) is 23.5 Å². The van der Waals surface area contributed by atoms with E-state index in [1.165, 1.54) is 0 Å². The van der Waals surface area contributed by atoms with Crippen molar-refractivity contribution in [3.8, 4) is 0 Å². The van der Waals surface area contributed by atoms with Crippen LogP contribution >= 0.6 is 11.3 Å². The number of amides is 1. The van der Waals surface area contributed by atoms with Crippen LogP contribution in [0.5, 0.6) is 0 Å². The second kappa shape index (κ2) is 4.94. The minimum atomic E-state index is -0.337. The Morgan fingerprint density at radius 2 is 2.38 bits per heavy atom. The van der Waals surface area contributed by atoms with Gasteiger partial charge in [0.1, 0.15) is 0 Å². The van der Waals surface area contributed by atoms with Crippen molar-refractivity contribution in [3.63, 3.8) is 0 Å². The number of hydrogen-bond donors (Lipinski definition) is 2. The predicted molar refractivity (Wildman–Crippen MR) is 52.4 cm³/mol. The molecule has 0 radical (unpaired) electrons. The second-order valence-corrected chi connectivity index (χ2v) is 3.71. The normalized spacial score (nSPS) is 10.2. The number of hydrogen-bond acceptors (Lipinski definition) is 4.